The van der Waals surface area contributed by atoms with Crippen LogP contribution in [-0.2, 0) is 0 Å². The van der Waals surface area contributed by atoms with Crippen LogP contribution < -0.4 is 5.73 Å². The monoisotopic (exact) mass is 313 g/mol. The summed E-state index contributed by atoms with van der Waals surface area (Å²) in [6, 6.07) is 25.3. The van der Waals surface area contributed by atoms with E-state index in [0.717, 1.165) is 11.3 Å². The van der Waals surface area contributed by atoms with Crippen molar-refractivity contribution in [2.75, 3.05) is 5.73 Å². The van der Waals surface area contributed by atoms with Crippen molar-refractivity contribution in [1.29, 1.82) is 0 Å². The lowest BCUT2D eigenvalue weighted by Gasteiger charge is -2.19. The Morgan fingerprint density at radius 1 is 0.833 bits per heavy atom. The molecule has 0 saturated carbocycles. The van der Waals surface area contributed by atoms with Gasteiger partial charge in [0.25, 0.3) is 0 Å². The molecule has 1 atom stereocenters. The van der Waals surface area contributed by atoms with E-state index in [1.807, 2.05) is 12.1 Å². The fourth-order valence-corrected chi connectivity index (χ4v) is 3.10. The first kappa shape index (κ1) is 16.1. The van der Waals surface area contributed by atoms with Crippen LogP contribution in [-0.4, -0.2) is 0 Å². The Bertz CT molecular complexity index is 833. The largest absolute Gasteiger partial charge is 0.398 e. The highest BCUT2D eigenvalue weighted by Crippen LogP contribution is 2.33. The standard InChI is InChI=1S/C23H23N/c1-17-15-18(2)23(24)22(16-17)21(20-11-7-4-8-12-20)14-13-19-9-5-3-6-10-19/h3-16,21H,24H2,1-2H3/b14-13+. The van der Waals surface area contributed by atoms with Crippen molar-refractivity contribution < 1.29 is 0 Å². The Labute approximate surface area is 144 Å². The van der Waals surface area contributed by atoms with Crippen LogP contribution >= 0.6 is 0 Å². The molecule has 0 aromatic heterocycles. The molecule has 0 saturated heterocycles. The number of rotatable bonds is 4. The van der Waals surface area contributed by atoms with Crippen molar-refractivity contribution in [3.63, 3.8) is 0 Å². The van der Waals surface area contributed by atoms with Gasteiger partial charge in [-0.25, -0.2) is 0 Å². The normalized spacial score (nSPS) is 12.4. The second-order valence-electron chi connectivity index (χ2n) is 6.24. The van der Waals surface area contributed by atoms with Gasteiger partial charge in [0, 0.05) is 11.6 Å². The number of benzene rings is 3. The summed E-state index contributed by atoms with van der Waals surface area (Å²) in [7, 11) is 0. The van der Waals surface area contributed by atoms with Gasteiger partial charge in [0.1, 0.15) is 0 Å². The summed E-state index contributed by atoms with van der Waals surface area (Å²) in [5, 5.41) is 0. The molecule has 3 aromatic rings. The maximum Gasteiger partial charge on any atom is 0.0385 e. The van der Waals surface area contributed by atoms with Gasteiger partial charge in [-0.15, -0.1) is 0 Å². The number of hydrogen-bond acceptors (Lipinski definition) is 1. The first-order valence-electron chi connectivity index (χ1n) is 8.30. The van der Waals surface area contributed by atoms with Crippen molar-refractivity contribution in [3.8, 4) is 0 Å². The molecule has 120 valence electrons. The molecule has 24 heavy (non-hydrogen) atoms. The molecule has 0 spiro atoms. The molecule has 0 aliphatic rings. The lowest BCUT2D eigenvalue weighted by Crippen LogP contribution is -2.05. The first-order chi connectivity index (χ1) is 11.6. The Kier molecular flexibility index (Phi) is 4.81. The van der Waals surface area contributed by atoms with E-state index in [9.17, 15) is 0 Å². The van der Waals surface area contributed by atoms with Crippen molar-refractivity contribution >= 4 is 11.8 Å². The van der Waals surface area contributed by atoms with Crippen LogP contribution in [0.25, 0.3) is 6.08 Å². The lowest BCUT2D eigenvalue weighted by atomic mass is 9.87. The van der Waals surface area contributed by atoms with Gasteiger partial charge in [-0.1, -0.05) is 90.5 Å². The zero-order valence-corrected chi connectivity index (χ0v) is 14.2. The maximum absolute atomic E-state index is 6.42. The number of aryl methyl sites for hydroxylation is 2. The minimum atomic E-state index is 0.144. The topological polar surface area (TPSA) is 26.0 Å². The fraction of sp³-hybridized carbons (Fsp3) is 0.130. The van der Waals surface area contributed by atoms with Gasteiger partial charge in [-0.05, 0) is 36.1 Å². The van der Waals surface area contributed by atoms with Crippen molar-refractivity contribution in [2.24, 2.45) is 0 Å². The molecule has 2 N–H and O–H groups in total. The Morgan fingerprint density at radius 2 is 1.46 bits per heavy atom. The van der Waals surface area contributed by atoms with Crippen molar-refractivity contribution in [2.45, 2.75) is 19.8 Å². The Hall–Kier alpha value is -2.80. The van der Waals surface area contributed by atoms with Crippen LogP contribution in [0.15, 0.2) is 78.9 Å². The summed E-state index contributed by atoms with van der Waals surface area (Å²) in [6.45, 7) is 4.20. The predicted octanol–water partition coefficient (Wildman–Crippen LogP) is 5.73. The van der Waals surface area contributed by atoms with Gasteiger partial charge in [0.15, 0.2) is 0 Å². The SMILES string of the molecule is Cc1cc(C)c(N)c(C(/C=C/c2ccccc2)c2ccccc2)c1. The zero-order chi connectivity index (χ0) is 16.9. The molecule has 1 nitrogen and oxygen atoms in total. The zero-order valence-electron chi connectivity index (χ0n) is 14.2. The number of nitrogens with two attached hydrogens (primary N) is 1. The van der Waals surface area contributed by atoms with Gasteiger partial charge in [-0.3, -0.25) is 0 Å². The summed E-state index contributed by atoms with van der Waals surface area (Å²) in [5.74, 6) is 0.144. The lowest BCUT2D eigenvalue weighted by molar-refractivity contribution is 1.03. The summed E-state index contributed by atoms with van der Waals surface area (Å²) in [6.07, 6.45) is 4.42. The predicted molar refractivity (Wildman–Crippen MR) is 104 cm³/mol. The molecule has 0 amide bonds. The molecule has 0 aliphatic carbocycles. The summed E-state index contributed by atoms with van der Waals surface area (Å²) in [4.78, 5) is 0. The van der Waals surface area contributed by atoms with Gasteiger partial charge >= 0.3 is 0 Å². The first-order valence-corrected chi connectivity index (χ1v) is 8.30. The van der Waals surface area contributed by atoms with E-state index in [0.29, 0.717) is 0 Å². The summed E-state index contributed by atoms with van der Waals surface area (Å²) in [5.41, 5.74) is 13.3. The fourth-order valence-electron chi connectivity index (χ4n) is 3.10. The molecular weight excluding hydrogens is 290 g/mol. The molecular formula is C23H23N. The number of allylic oxidation sites excluding steroid dienone is 1. The number of anilines is 1. The third kappa shape index (κ3) is 3.57. The molecule has 3 rings (SSSR count). The third-order valence-corrected chi connectivity index (χ3v) is 4.34. The van der Waals surface area contributed by atoms with Gasteiger partial charge in [0.05, 0.1) is 0 Å². The van der Waals surface area contributed by atoms with E-state index >= 15 is 0 Å². The maximum atomic E-state index is 6.42. The summed E-state index contributed by atoms with van der Waals surface area (Å²) < 4.78 is 0. The molecule has 0 heterocycles. The molecule has 0 aliphatic heterocycles. The number of nitrogen functional groups attached to an aromatic ring is 1. The highest BCUT2D eigenvalue weighted by molar-refractivity contribution is 5.62. The molecule has 3 aromatic carbocycles. The number of hydrogen-bond donors (Lipinski definition) is 1. The Balaban J connectivity index is 2.08. The molecule has 1 unspecified atom stereocenters. The second-order valence-corrected chi connectivity index (χ2v) is 6.24. The molecule has 0 fully saturated rings. The van der Waals surface area contributed by atoms with Crippen LogP contribution in [0, 0.1) is 13.8 Å². The van der Waals surface area contributed by atoms with E-state index in [2.05, 4.69) is 86.7 Å². The van der Waals surface area contributed by atoms with E-state index in [1.54, 1.807) is 0 Å². The highest BCUT2D eigenvalue weighted by atomic mass is 14.6. The highest BCUT2D eigenvalue weighted by Gasteiger charge is 2.15. The summed E-state index contributed by atoms with van der Waals surface area (Å²) >= 11 is 0. The van der Waals surface area contributed by atoms with E-state index in [1.165, 1.54) is 22.3 Å². The molecule has 0 radical (unpaired) electrons. The molecule has 1 heteroatoms. The van der Waals surface area contributed by atoms with Crippen LogP contribution in [0.1, 0.15) is 33.7 Å². The van der Waals surface area contributed by atoms with E-state index in [4.69, 9.17) is 5.73 Å². The minimum absolute atomic E-state index is 0.144. The third-order valence-electron chi connectivity index (χ3n) is 4.34. The smallest absolute Gasteiger partial charge is 0.0385 e. The van der Waals surface area contributed by atoms with E-state index in [-0.39, 0.29) is 5.92 Å². The average molecular weight is 313 g/mol. The van der Waals surface area contributed by atoms with Gasteiger partial charge in [-0.2, -0.15) is 0 Å². The van der Waals surface area contributed by atoms with Gasteiger partial charge < -0.3 is 5.73 Å². The average Bonchev–Trinajstić information content (AvgIpc) is 2.61. The van der Waals surface area contributed by atoms with Crippen molar-refractivity contribution in [3.05, 3.63) is 107 Å². The van der Waals surface area contributed by atoms with Crippen LogP contribution in [0.2, 0.25) is 0 Å². The van der Waals surface area contributed by atoms with Crippen molar-refractivity contribution in [1.82, 2.24) is 0 Å². The van der Waals surface area contributed by atoms with Crippen LogP contribution in [0.4, 0.5) is 5.69 Å². The quantitative estimate of drug-likeness (QED) is 0.611. The van der Waals surface area contributed by atoms with Crippen LogP contribution in [0.3, 0.4) is 0 Å². The van der Waals surface area contributed by atoms with E-state index < -0.39 is 0 Å². The van der Waals surface area contributed by atoms with Crippen LogP contribution in [0.5, 0.6) is 0 Å². The Morgan fingerprint density at radius 3 is 2.12 bits per heavy atom. The minimum Gasteiger partial charge on any atom is -0.398 e. The molecule has 0 bridgehead atoms. The second kappa shape index (κ2) is 7.18. The van der Waals surface area contributed by atoms with Gasteiger partial charge in [0.2, 0.25) is 0 Å².